The molecule has 0 saturated carbocycles. The third-order valence-electron chi connectivity index (χ3n) is 9.99. The molecule has 0 saturated heterocycles. The Morgan fingerprint density at radius 1 is 0.978 bits per heavy atom. The fourth-order valence-corrected chi connectivity index (χ4v) is 5.86. The number of fused-ring (bicyclic) bond motifs is 3. The number of rotatable bonds is 9. The van der Waals surface area contributed by atoms with Gasteiger partial charge in [0.05, 0.1) is 5.75 Å². The number of ether oxygens (including phenoxy) is 1. The number of benzene rings is 3. The van der Waals surface area contributed by atoms with Gasteiger partial charge in [0.1, 0.15) is 11.5 Å². The van der Waals surface area contributed by atoms with Gasteiger partial charge in [-0.2, -0.15) is 0 Å². The first-order valence-corrected chi connectivity index (χ1v) is 16.3. The van der Waals surface area contributed by atoms with Gasteiger partial charge in [0.25, 0.3) is 0 Å². The van der Waals surface area contributed by atoms with Crippen molar-refractivity contribution in [1.82, 2.24) is 4.98 Å². The monoisotopic (exact) mass is 785 g/mol. The molecular formula is C40H50IrNO3-. The number of aryl methyl sites for hydroxylation is 2. The van der Waals surface area contributed by atoms with Crippen LogP contribution < -0.4 is 4.74 Å². The summed E-state index contributed by atoms with van der Waals surface area (Å²) >= 11 is 0. The van der Waals surface area contributed by atoms with E-state index in [2.05, 4.69) is 70.2 Å². The van der Waals surface area contributed by atoms with Crippen LogP contribution in [0.3, 0.4) is 0 Å². The zero-order valence-electron chi connectivity index (χ0n) is 28.8. The van der Waals surface area contributed by atoms with Crippen LogP contribution in [0.15, 0.2) is 54.4 Å². The molecule has 1 N–H and O–H groups in total. The van der Waals surface area contributed by atoms with Crippen LogP contribution in [0, 0.1) is 36.7 Å². The summed E-state index contributed by atoms with van der Waals surface area (Å²) in [5.74, 6) is 2.70. The van der Waals surface area contributed by atoms with Crippen molar-refractivity contribution in [1.29, 1.82) is 0 Å². The van der Waals surface area contributed by atoms with Gasteiger partial charge in [-0.25, -0.2) is 0 Å². The topological polar surface area (TPSA) is 59.4 Å². The molecule has 0 amide bonds. The SMILES string of the molecule is CCC(C)(CC)C(=O)/C=C(\O)C(C)(CC)CC.Cc1ccc2[c-]c3c(c(C)c2c1)Oc1cc(CC(C)C)cc2ccnc-3c12.[Ir]. The minimum absolute atomic E-state index is 0. The van der Waals surface area contributed by atoms with Crippen molar-refractivity contribution in [2.75, 3.05) is 0 Å². The Balaban J connectivity index is 0.000000270. The van der Waals surface area contributed by atoms with E-state index in [1.165, 1.54) is 28.0 Å². The molecule has 2 heterocycles. The van der Waals surface area contributed by atoms with Crippen LogP contribution in [0.25, 0.3) is 32.8 Å². The van der Waals surface area contributed by atoms with E-state index in [9.17, 15) is 9.90 Å². The second-order valence-electron chi connectivity index (χ2n) is 13.5. The van der Waals surface area contributed by atoms with Crippen LogP contribution in [0.2, 0.25) is 0 Å². The molecule has 0 atom stereocenters. The average Bonchev–Trinajstić information content (AvgIpc) is 3.01. The molecular weight excluding hydrogens is 735 g/mol. The van der Waals surface area contributed by atoms with E-state index in [1.54, 1.807) is 0 Å². The molecule has 5 heteroatoms. The first-order valence-electron chi connectivity index (χ1n) is 16.3. The number of hydrogen-bond donors (Lipinski definition) is 1. The summed E-state index contributed by atoms with van der Waals surface area (Å²) < 4.78 is 6.48. The molecule has 0 unspecified atom stereocenters. The van der Waals surface area contributed by atoms with Gasteiger partial charge in [-0.05, 0) is 75.0 Å². The summed E-state index contributed by atoms with van der Waals surface area (Å²) in [6.45, 7) is 20.8. The molecule has 1 aliphatic rings. The Bertz CT molecular complexity index is 1710. The van der Waals surface area contributed by atoms with Gasteiger partial charge in [-0.3, -0.25) is 9.78 Å². The third kappa shape index (κ3) is 7.36. The summed E-state index contributed by atoms with van der Waals surface area (Å²) in [4.78, 5) is 16.9. The van der Waals surface area contributed by atoms with E-state index in [4.69, 9.17) is 9.72 Å². The van der Waals surface area contributed by atoms with E-state index in [-0.39, 0.29) is 42.5 Å². The number of hydrogen-bond acceptors (Lipinski definition) is 4. The molecule has 0 aliphatic carbocycles. The Kier molecular flexibility index (Phi) is 11.8. The van der Waals surface area contributed by atoms with Crippen LogP contribution in [0.4, 0.5) is 0 Å². The van der Waals surface area contributed by atoms with Gasteiger partial charge < -0.3 is 9.84 Å². The number of aliphatic hydroxyl groups is 1. The number of ketones is 1. The minimum Gasteiger partial charge on any atom is -0.512 e. The van der Waals surface area contributed by atoms with Crippen LogP contribution in [0.5, 0.6) is 11.5 Å². The van der Waals surface area contributed by atoms with Gasteiger partial charge in [0.15, 0.2) is 5.78 Å². The molecule has 0 spiro atoms. The number of nitrogens with zero attached hydrogens (tertiary/aromatic N) is 1. The fourth-order valence-electron chi connectivity index (χ4n) is 5.86. The largest absolute Gasteiger partial charge is 0.512 e. The second kappa shape index (κ2) is 14.6. The van der Waals surface area contributed by atoms with E-state index in [0.717, 1.165) is 71.2 Å². The first-order chi connectivity index (χ1) is 20.8. The number of pyridine rings is 1. The predicted molar refractivity (Wildman–Crippen MR) is 185 cm³/mol. The third-order valence-corrected chi connectivity index (χ3v) is 9.99. The normalized spacial score (nSPS) is 12.7. The van der Waals surface area contributed by atoms with E-state index >= 15 is 0 Å². The number of aromatic nitrogens is 1. The summed E-state index contributed by atoms with van der Waals surface area (Å²) in [6, 6.07) is 16.6. The quantitative estimate of drug-likeness (QED) is 0.0919. The van der Waals surface area contributed by atoms with Crippen LogP contribution >= 0.6 is 0 Å². The minimum atomic E-state index is -0.337. The molecule has 1 radical (unpaired) electrons. The predicted octanol–water partition coefficient (Wildman–Crippen LogP) is 11.4. The van der Waals surface area contributed by atoms with Crippen molar-refractivity contribution in [3.63, 3.8) is 0 Å². The van der Waals surface area contributed by atoms with Gasteiger partial charge in [-0.15, -0.1) is 17.5 Å². The van der Waals surface area contributed by atoms with Gasteiger partial charge in [-0.1, -0.05) is 95.7 Å². The molecule has 3 aromatic carbocycles. The Morgan fingerprint density at radius 2 is 1.62 bits per heavy atom. The molecule has 1 aliphatic heterocycles. The van der Waals surface area contributed by atoms with Crippen molar-refractivity contribution in [2.24, 2.45) is 16.7 Å². The van der Waals surface area contributed by atoms with Crippen molar-refractivity contribution in [3.05, 3.63) is 77.2 Å². The second-order valence-corrected chi connectivity index (χ2v) is 13.5. The summed E-state index contributed by atoms with van der Waals surface area (Å²) in [7, 11) is 0. The first kappa shape index (κ1) is 36.5. The summed E-state index contributed by atoms with van der Waals surface area (Å²) in [5.41, 5.74) is 5.06. The van der Waals surface area contributed by atoms with E-state index in [0.29, 0.717) is 5.92 Å². The van der Waals surface area contributed by atoms with Crippen LogP contribution in [-0.2, 0) is 31.3 Å². The maximum Gasteiger partial charge on any atom is 0.164 e. The van der Waals surface area contributed by atoms with Gasteiger partial charge in [0.2, 0.25) is 0 Å². The summed E-state index contributed by atoms with van der Waals surface area (Å²) in [6.07, 6.45) is 7.70. The fraction of sp³-hybridized carbons (Fsp3) is 0.450. The molecule has 5 rings (SSSR count). The maximum atomic E-state index is 12.2. The number of carbonyl (C=O) groups is 1. The van der Waals surface area contributed by atoms with Gasteiger partial charge >= 0.3 is 0 Å². The van der Waals surface area contributed by atoms with Crippen LogP contribution in [0.1, 0.15) is 97.8 Å². The molecule has 1 aromatic heterocycles. The zero-order chi connectivity index (χ0) is 32.4. The smallest absolute Gasteiger partial charge is 0.164 e. The van der Waals surface area contributed by atoms with Crippen molar-refractivity contribution >= 4 is 27.3 Å². The Morgan fingerprint density at radius 3 is 2.22 bits per heavy atom. The van der Waals surface area contributed by atoms with Crippen LogP contribution in [-0.4, -0.2) is 15.9 Å². The molecule has 0 bridgehead atoms. The average molecular weight is 785 g/mol. The summed E-state index contributed by atoms with van der Waals surface area (Å²) in [5, 5.41) is 14.7. The van der Waals surface area contributed by atoms with Crippen molar-refractivity contribution in [3.8, 4) is 22.8 Å². The number of carbonyl (C=O) groups excluding carboxylic acids is 1. The number of allylic oxidation sites excluding steroid dienone is 2. The van der Waals surface area contributed by atoms with E-state index < -0.39 is 0 Å². The zero-order valence-corrected chi connectivity index (χ0v) is 31.2. The van der Waals surface area contributed by atoms with Crippen molar-refractivity contribution < 1.29 is 34.7 Å². The van der Waals surface area contributed by atoms with Crippen molar-refractivity contribution in [2.45, 2.75) is 101 Å². The standard InChI is InChI=1S/C25H22NO.C15H28O2.Ir/c1-14(2)9-17-11-19-7-8-26-24-21-13-18-6-5-15(3)10-20(18)16(4)25(21)27-22(12-17)23(19)24;1-7-14(5,8-2)12(16)11-13(17)15(6,9-3)10-4;/h5-8,10-12,14H,9H2,1-4H3;11,16H,7-10H2,1-6H3;/q-1;;/b;12-11-;. The number of aliphatic hydroxyl groups excluding tert-OH is 1. The molecule has 0 fully saturated rings. The van der Waals surface area contributed by atoms with E-state index in [1.807, 2.05) is 47.7 Å². The molecule has 4 aromatic rings. The molecule has 45 heavy (non-hydrogen) atoms. The molecule has 4 nitrogen and oxygen atoms in total. The van der Waals surface area contributed by atoms with Gasteiger partial charge in [0, 0.05) is 54.3 Å². The Hall–Kier alpha value is -3.01. The Labute approximate surface area is 284 Å². The maximum absolute atomic E-state index is 12.2. The molecule has 243 valence electrons.